The van der Waals surface area contributed by atoms with Crippen LogP contribution in [0.25, 0.3) is 11.3 Å². The molecule has 0 saturated carbocycles. The van der Waals surface area contributed by atoms with Crippen molar-refractivity contribution in [1.29, 1.82) is 0 Å². The fraction of sp³-hybridized carbons (Fsp3) is 0.182. The van der Waals surface area contributed by atoms with E-state index in [2.05, 4.69) is 10.3 Å². The molecule has 0 atom stereocenters. The van der Waals surface area contributed by atoms with Crippen LogP contribution in [-0.4, -0.2) is 26.1 Å². The van der Waals surface area contributed by atoms with Crippen molar-refractivity contribution in [3.05, 3.63) is 35.5 Å². The zero-order valence-corrected chi connectivity index (χ0v) is 9.64. The lowest BCUT2D eigenvalue weighted by Crippen LogP contribution is -2.05. The average Bonchev–Trinajstić information content (AvgIpc) is 2.70. The summed E-state index contributed by atoms with van der Waals surface area (Å²) in [5.41, 5.74) is -0.648. The normalized spacial score (nSPS) is 11.6. The number of aryl methyl sites for hydroxylation is 1. The zero-order chi connectivity index (χ0) is 14.2. The van der Waals surface area contributed by atoms with Crippen LogP contribution in [0.2, 0.25) is 0 Å². The minimum Gasteiger partial charge on any atom is -0.476 e. The maximum Gasteiger partial charge on any atom is 0.416 e. The van der Waals surface area contributed by atoms with Gasteiger partial charge in [0.1, 0.15) is 5.69 Å². The first-order valence-electron chi connectivity index (χ1n) is 5.11. The summed E-state index contributed by atoms with van der Waals surface area (Å²) in [6, 6.07) is 4.14. The summed E-state index contributed by atoms with van der Waals surface area (Å²) in [5.74, 6) is -1.29. The van der Waals surface area contributed by atoms with Crippen LogP contribution in [0.15, 0.2) is 24.3 Å². The van der Waals surface area contributed by atoms with Gasteiger partial charge < -0.3 is 5.11 Å². The Hall–Kier alpha value is -2.38. The summed E-state index contributed by atoms with van der Waals surface area (Å²) < 4.78 is 38.5. The number of rotatable bonds is 2. The van der Waals surface area contributed by atoms with Crippen molar-refractivity contribution >= 4 is 5.97 Å². The van der Waals surface area contributed by atoms with Crippen molar-refractivity contribution in [2.75, 3.05) is 0 Å². The molecule has 0 saturated heterocycles. The standard InChI is InChI=1S/C11H8F3N3O2/c1-17-9(8(10(18)19)15-16-17)6-2-4-7(5-3-6)11(12,13)14/h2-5H,1H3,(H,18,19). The van der Waals surface area contributed by atoms with Crippen LogP contribution >= 0.6 is 0 Å². The summed E-state index contributed by atoms with van der Waals surface area (Å²) in [7, 11) is 1.46. The number of carboxylic acid groups (broad SMARTS) is 1. The molecule has 1 N–H and O–H groups in total. The lowest BCUT2D eigenvalue weighted by molar-refractivity contribution is -0.137. The van der Waals surface area contributed by atoms with E-state index < -0.39 is 17.7 Å². The summed E-state index contributed by atoms with van der Waals surface area (Å²) in [6.45, 7) is 0. The van der Waals surface area contributed by atoms with Gasteiger partial charge in [0, 0.05) is 12.6 Å². The Morgan fingerprint density at radius 2 is 1.84 bits per heavy atom. The molecule has 0 aliphatic rings. The van der Waals surface area contributed by atoms with E-state index in [0.29, 0.717) is 5.56 Å². The highest BCUT2D eigenvalue weighted by Gasteiger charge is 2.30. The highest BCUT2D eigenvalue weighted by molar-refractivity contribution is 5.92. The van der Waals surface area contributed by atoms with Crippen LogP contribution in [-0.2, 0) is 13.2 Å². The third-order valence-corrected chi connectivity index (χ3v) is 2.52. The van der Waals surface area contributed by atoms with E-state index >= 15 is 0 Å². The third-order valence-electron chi connectivity index (χ3n) is 2.52. The van der Waals surface area contributed by atoms with Gasteiger partial charge in [0.2, 0.25) is 0 Å². The smallest absolute Gasteiger partial charge is 0.416 e. The van der Waals surface area contributed by atoms with E-state index in [1.165, 1.54) is 23.9 Å². The van der Waals surface area contributed by atoms with Gasteiger partial charge in [0.25, 0.3) is 0 Å². The number of hydrogen-bond acceptors (Lipinski definition) is 3. The molecule has 0 spiro atoms. The maximum atomic E-state index is 12.4. The Morgan fingerprint density at radius 3 is 2.32 bits per heavy atom. The predicted octanol–water partition coefficient (Wildman–Crippen LogP) is 2.20. The molecule has 8 heteroatoms. The van der Waals surface area contributed by atoms with Crippen molar-refractivity contribution in [2.45, 2.75) is 6.18 Å². The van der Waals surface area contributed by atoms with Gasteiger partial charge in [-0.05, 0) is 12.1 Å². The second kappa shape index (κ2) is 4.38. The van der Waals surface area contributed by atoms with Crippen LogP contribution in [0.5, 0.6) is 0 Å². The summed E-state index contributed by atoms with van der Waals surface area (Å²) in [6.07, 6.45) is -4.43. The monoisotopic (exact) mass is 271 g/mol. The van der Waals surface area contributed by atoms with Gasteiger partial charge in [-0.2, -0.15) is 13.2 Å². The SMILES string of the molecule is Cn1nnc(C(=O)O)c1-c1ccc(C(F)(F)F)cc1. The van der Waals surface area contributed by atoms with E-state index in [-0.39, 0.29) is 11.4 Å². The van der Waals surface area contributed by atoms with E-state index in [4.69, 9.17) is 5.11 Å². The predicted molar refractivity (Wildman–Crippen MR) is 58.4 cm³/mol. The van der Waals surface area contributed by atoms with Crippen molar-refractivity contribution in [2.24, 2.45) is 7.05 Å². The number of carboxylic acids is 1. The van der Waals surface area contributed by atoms with Gasteiger partial charge in [0.05, 0.1) is 5.56 Å². The number of aromatic nitrogens is 3. The first-order chi connectivity index (χ1) is 8.80. The number of hydrogen-bond donors (Lipinski definition) is 1. The fourth-order valence-electron chi connectivity index (χ4n) is 1.64. The molecule has 0 fully saturated rings. The molecule has 0 aliphatic heterocycles. The number of halogens is 3. The molecule has 0 bridgehead atoms. The molecule has 1 aromatic carbocycles. The van der Waals surface area contributed by atoms with Gasteiger partial charge in [-0.15, -0.1) is 5.10 Å². The lowest BCUT2D eigenvalue weighted by atomic mass is 10.1. The number of alkyl halides is 3. The van der Waals surface area contributed by atoms with Gasteiger partial charge in [-0.3, -0.25) is 0 Å². The number of benzene rings is 1. The van der Waals surface area contributed by atoms with Crippen LogP contribution < -0.4 is 0 Å². The second-order valence-corrected chi connectivity index (χ2v) is 3.79. The Balaban J connectivity index is 2.49. The van der Waals surface area contributed by atoms with Crippen LogP contribution in [0.4, 0.5) is 13.2 Å². The minimum absolute atomic E-state index is 0.154. The van der Waals surface area contributed by atoms with Crippen LogP contribution in [0.1, 0.15) is 16.1 Å². The molecular weight excluding hydrogens is 263 g/mol. The first-order valence-corrected chi connectivity index (χ1v) is 5.11. The molecule has 0 unspecified atom stereocenters. The van der Waals surface area contributed by atoms with Crippen molar-refractivity contribution < 1.29 is 23.1 Å². The topological polar surface area (TPSA) is 68.0 Å². The molecule has 0 aliphatic carbocycles. The van der Waals surface area contributed by atoms with Gasteiger partial charge in [0.15, 0.2) is 5.69 Å². The molecule has 19 heavy (non-hydrogen) atoms. The molecule has 5 nitrogen and oxygen atoms in total. The van der Waals surface area contributed by atoms with E-state index in [1.54, 1.807) is 0 Å². The Bertz CT molecular complexity index is 617. The Morgan fingerprint density at radius 1 is 1.26 bits per heavy atom. The summed E-state index contributed by atoms with van der Waals surface area (Å²) in [4.78, 5) is 10.9. The zero-order valence-electron chi connectivity index (χ0n) is 9.64. The minimum atomic E-state index is -4.43. The molecule has 100 valence electrons. The summed E-state index contributed by atoms with van der Waals surface area (Å²) in [5, 5.41) is 15.9. The quantitative estimate of drug-likeness (QED) is 0.909. The van der Waals surface area contributed by atoms with Gasteiger partial charge in [-0.1, -0.05) is 17.3 Å². The van der Waals surface area contributed by atoms with E-state index in [1.807, 2.05) is 0 Å². The van der Waals surface area contributed by atoms with Crippen molar-refractivity contribution in [3.63, 3.8) is 0 Å². The van der Waals surface area contributed by atoms with Gasteiger partial charge >= 0.3 is 12.1 Å². The van der Waals surface area contributed by atoms with E-state index in [0.717, 1.165) is 12.1 Å². The number of aromatic carboxylic acids is 1. The molecule has 1 aromatic heterocycles. The van der Waals surface area contributed by atoms with Gasteiger partial charge in [-0.25, -0.2) is 9.48 Å². The number of carbonyl (C=O) groups is 1. The third kappa shape index (κ3) is 2.42. The fourth-order valence-corrected chi connectivity index (χ4v) is 1.64. The lowest BCUT2D eigenvalue weighted by Gasteiger charge is -2.08. The van der Waals surface area contributed by atoms with Crippen molar-refractivity contribution in [1.82, 2.24) is 15.0 Å². The molecule has 0 radical (unpaired) electrons. The second-order valence-electron chi connectivity index (χ2n) is 3.79. The van der Waals surface area contributed by atoms with Crippen molar-refractivity contribution in [3.8, 4) is 11.3 Å². The Labute approximate surface area is 105 Å². The molecular formula is C11H8F3N3O2. The first kappa shape index (κ1) is 13.1. The largest absolute Gasteiger partial charge is 0.476 e. The van der Waals surface area contributed by atoms with E-state index in [9.17, 15) is 18.0 Å². The Kier molecular flexibility index (Phi) is 3.01. The highest BCUT2D eigenvalue weighted by Crippen LogP contribution is 2.31. The molecule has 2 rings (SSSR count). The molecule has 1 heterocycles. The maximum absolute atomic E-state index is 12.4. The number of nitrogens with zero attached hydrogens (tertiary/aromatic N) is 3. The van der Waals surface area contributed by atoms with Crippen LogP contribution in [0.3, 0.4) is 0 Å². The average molecular weight is 271 g/mol. The van der Waals surface area contributed by atoms with Crippen LogP contribution in [0, 0.1) is 0 Å². The molecule has 0 amide bonds. The molecule has 2 aromatic rings. The highest BCUT2D eigenvalue weighted by atomic mass is 19.4. The summed E-state index contributed by atoms with van der Waals surface area (Å²) >= 11 is 0.